The van der Waals surface area contributed by atoms with Gasteiger partial charge in [-0.15, -0.1) is 13.2 Å². The van der Waals surface area contributed by atoms with E-state index in [4.69, 9.17) is 0 Å². The highest BCUT2D eigenvalue weighted by molar-refractivity contribution is 5.90. The van der Waals surface area contributed by atoms with Crippen LogP contribution in [0.3, 0.4) is 0 Å². The number of benzene rings is 1. The summed E-state index contributed by atoms with van der Waals surface area (Å²) in [7, 11) is 0. The molecule has 1 N–H and O–H groups in total. The largest absolute Gasteiger partial charge is 0.573 e. The third-order valence-corrected chi connectivity index (χ3v) is 4.79. The molecule has 3 nitrogen and oxygen atoms in total. The van der Waals surface area contributed by atoms with Crippen LogP contribution < -0.4 is 4.74 Å². The van der Waals surface area contributed by atoms with E-state index in [0.717, 1.165) is 42.7 Å². The molecule has 0 bridgehead atoms. The topological polar surface area (TPSA) is 28.3 Å². The van der Waals surface area contributed by atoms with Gasteiger partial charge in [-0.05, 0) is 43.5 Å². The quantitative estimate of drug-likeness (QED) is 0.871. The van der Waals surface area contributed by atoms with Crippen LogP contribution >= 0.6 is 0 Å². The van der Waals surface area contributed by atoms with E-state index < -0.39 is 6.36 Å². The Balaban J connectivity index is 1.80. The number of hydrogen-bond donors (Lipinski definition) is 1. The summed E-state index contributed by atoms with van der Waals surface area (Å²) in [4.78, 5) is 5.77. The molecular weight excluding hydrogens is 293 g/mol. The Morgan fingerprint density at radius 1 is 1.23 bits per heavy atom. The first-order chi connectivity index (χ1) is 10.5. The Hall–Kier alpha value is -1.69. The Morgan fingerprint density at radius 3 is 2.91 bits per heavy atom. The van der Waals surface area contributed by atoms with Gasteiger partial charge in [0.1, 0.15) is 5.75 Å². The first-order valence-electron chi connectivity index (χ1n) is 7.63. The molecule has 1 saturated heterocycles. The van der Waals surface area contributed by atoms with Crippen LogP contribution in [-0.2, 0) is 12.8 Å². The molecule has 1 atom stereocenters. The van der Waals surface area contributed by atoms with Crippen molar-refractivity contribution < 1.29 is 17.9 Å². The minimum absolute atomic E-state index is 0.0930. The summed E-state index contributed by atoms with van der Waals surface area (Å²) in [5, 5.41) is 0.594. The highest BCUT2D eigenvalue weighted by atomic mass is 19.4. The molecule has 0 amide bonds. The van der Waals surface area contributed by atoms with Gasteiger partial charge in [0.25, 0.3) is 0 Å². The van der Waals surface area contributed by atoms with E-state index in [9.17, 15) is 13.2 Å². The summed E-state index contributed by atoms with van der Waals surface area (Å²) in [5.74, 6) is -0.0930. The highest BCUT2D eigenvalue weighted by Crippen LogP contribution is 2.37. The second kappa shape index (κ2) is 4.91. The van der Waals surface area contributed by atoms with E-state index in [-0.39, 0.29) is 5.75 Å². The smallest absolute Gasteiger partial charge is 0.405 e. The Labute approximate surface area is 126 Å². The van der Waals surface area contributed by atoms with E-state index in [1.807, 2.05) is 6.07 Å². The molecule has 0 saturated carbocycles. The molecule has 22 heavy (non-hydrogen) atoms. The Kier molecular flexibility index (Phi) is 3.11. The van der Waals surface area contributed by atoms with Crippen molar-refractivity contribution in [2.75, 3.05) is 13.1 Å². The normalized spacial score (nSPS) is 22.4. The van der Waals surface area contributed by atoms with Crippen LogP contribution in [0, 0.1) is 0 Å². The molecule has 1 fully saturated rings. The number of hydrogen-bond acceptors (Lipinski definition) is 2. The number of halogens is 3. The maximum absolute atomic E-state index is 12.6. The number of ether oxygens (including phenoxy) is 1. The van der Waals surface area contributed by atoms with E-state index in [2.05, 4.69) is 14.6 Å². The zero-order chi connectivity index (χ0) is 15.3. The first kappa shape index (κ1) is 13.9. The number of rotatable bonds is 1. The Bertz CT molecular complexity index is 707. The van der Waals surface area contributed by atoms with Gasteiger partial charge in [0.05, 0.1) is 0 Å². The average molecular weight is 310 g/mol. The summed E-state index contributed by atoms with van der Waals surface area (Å²) < 4.78 is 42.1. The average Bonchev–Trinajstić information content (AvgIpc) is 2.97. The van der Waals surface area contributed by atoms with Gasteiger partial charge in [-0.1, -0.05) is 6.07 Å². The number of aromatic nitrogens is 1. The third kappa shape index (κ3) is 2.35. The van der Waals surface area contributed by atoms with Gasteiger partial charge >= 0.3 is 6.36 Å². The molecule has 1 aromatic heterocycles. The van der Waals surface area contributed by atoms with Gasteiger partial charge in [0.15, 0.2) is 0 Å². The molecule has 0 unspecified atom stereocenters. The predicted molar refractivity (Wildman–Crippen MR) is 77.0 cm³/mol. The van der Waals surface area contributed by atoms with Crippen molar-refractivity contribution in [1.29, 1.82) is 0 Å². The van der Waals surface area contributed by atoms with Gasteiger partial charge in [-0.25, -0.2) is 0 Å². The number of nitrogens with one attached hydrogen (secondary N) is 1. The molecule has 1 aromatic carbocycles. The zero-order valence-electron chi connectivity index (χ0n) is 12.0. The van der Waals surface area contributed by atoms with Crippen LogP contribution in [0.15, 0.2) is 18.2 Å². The van der Waals surface area contributed by atoms with Crippen LogP contribution in [0.4, 0.5) is 13.2 Å². The molecule has 0 spiro atoms. The van der Waals surface area contributed by atoms with Crippen LogP contribution in [-0.4, -0.2) is 35.4 Å². The molecule has 2 aliphatic rings. The minimum Gasteiger partial charge on any atom is -0.405 e. The molecule has 118 valence electrons. The number of nitrogens with zero attached hydrogens (tertiary/aromatic N) is 1. The lowest BCUT2D eigenvalue weighted by Gasteiger charge is -2.20. The number of aromatic amines is 1. The summed E-state index contributed by atoms with van der Waals surface area (Å²) in [5.41, 5.74) is 2.80. The van der Waals surface area contributed by atoms with Crippen molar-refractivity contribution in [1.82, 2.24) is 9.88 Å². The molecule has 6 heteroatoms. The molecule has 2 aliphatic heterocycles. The molecular formula is C16H17F3N2O. The van der Waals surface area contributed by atoms with Crippen molar-refractivity contribution in [3.05, 3.63) is 29.5 Å². The van der Waals surface area contributed by atoms with Gasteiger partial charge in [0, 0.05) is 35.6 Å². The van der Waals surface area contributed by atoms with E-state index in [1.165, 1.54) is 18.9 Å². The summed E-state index contributed by atoms with van der Waals surface area (Å²) >= 11 is 0. The number of fused-ring (bicyclic) bond motifs is 4. The number of alkyl halides is 3. The third-order valence-electron chi connectivity index (χ3n) is 4.79. The first-order valence-corrected chi connectivity index (χ1v) is 7.63. The maximum atomic E-state index is 12.6. The van der Waals surface area contributed by atoms with Crippen LogP contribution in [0.5, 0.6) is 5.75 Å². The van der Waals surface area contributed by atoms with Crippen molar-refractivity contribution >= 4 is 10.9 Å². The monoisotopic (exact) mass is 310 g/mol. The summed E-state index contributed by atoms with van der Waals surface area (Å²) in [6, 6.07) is 5.33. The SMILES string of the molecule is FC(F)(F)Oc1cccc2[nH]c3c(c12)CCN1CCC[C@@H]1C3. The second-order valence-electron chi connectivity index (χ2n) is 6.09. The van der Waals surface area contributed by atoms with Gasteiger partial charge in [-0.2, -0.15) is 0 Å². The van der Waals surface area contributed by atoms with Gasteiger partial charge in [0.2, 0.25) is 0 Å². The number of H-pyrrole nitrogens is 1. The second-order valence-corrected chi connectivity index (χ2v) is 6.09. The molecule has 4 rings (SSSR count). The predicted octanol–water partition coefficient (Wildman–Crippen LogP) is 3.63. The van der Waals surface area contributed by atoms with Crippen molar-refractivity contribution in [3.63, 3.8) is 0 Å². The Morgan fingerprint density at radius 2 is 2.09 bits per heavy atom. The molecule has 0 aliphatic carbocycles. The highest BCUT2D eigenvalue weighted by Gasteiger charge is 2.34. The van der Waals surface area contributed by atoms with Crippen LogP contribution in [0.1, 0.15) is 24.1 Å². The van der Waals surface area contributed by atoms with Crippen molar-refractivity contribution in [2.45, 2.75) is 38.1 Å². The van der Waals surface area contributed by atoms with Gasteiger partial charge in [-0.3, -0.25) is 4.90 Å². The summed E-state index contributed by atoms with van der Waals surface area (Å²) in [6.45, 7) is 2.00. The maximum Gasteiger partial charge on any atom is 0.573 e. The molecule has 3 heterocycles. The van der Waals surface area contributed by atoms with Gasteiger partial charge < -0.3 is 9.72 Å². The molecule has 2 aromatic rings. The zero-order valence-corrected chi connectivity index (χ0v) is 12.0. The minimum atomic E-state index is -4.66. The lowest BCUT2D eigenvalue weighted by Crippen LogP contribution is -2.30. The van der Waals surface area contributed by atoms with Crippen LogP contribution in [0.25, 0.3) is 10.9 Å². The fraction of sp³-hybridized carbons (Fsp3) is 0.500. The molecule has 0 radical (unpaired) electrons. The standard InChI is InChI=1S/C16H17F3N2O/c17-16(18,19)22-14-5-1-4-12-15(14)11-6-8-21-7-2-3-10(21)9-13(11)20-12/h1,4-5,10,20H,2-3,6-9H2/t10-/m1/s1. The van der Waals surface area contributed by atoms with Crippen molar-refractivity contribution in [3.8, 4) is 5.75 Å². The van der Waals surface area contributed by atoms with Crippen LogP contribution in [0.2, 0.25) is 0 Å². The summed E-state index contributed by atoms with van der Waals surface area (Å²) in [6.07, 6.45) is -0.633. The van der Waals surface area contributed by atoms with E-state index in [0.29, 0.717) is 11.4 Å². The van der Waals surface area contributed by atoms with E-state index in [1.54, 1.807) is 6.07 Å². The fourth-order valence-corrected chi connectivity index (χ4v) is 3.91. The lowest BCUT2D eigenvalue weighted by molar-refractivity contribution is -0.274. The van der Waals surface area contributed by atoms with Crippen molar-refractivity contribution in [2.24, 2.45) is 0 Å². The lowest BCUT2D eigenvalue weighted by atomic mass is 10.0. The van der Waals surface area contributed by atoms with E-state index >= 15 is 0 Å². The fourth-order valence-electron chi connectivity index (χ4n) is 3.91.